The van der Waals surface area contributed by atoms with Gasteiger partial charge in [-0.3, -0.25) is 0 Å². The Morgan fingerprint density at radius 3 is 1.00 bits per heavy atom. The van der Waals surface area contributed by atoms with E-state index in [9.17, 15) is 0 Å². The van der Waals surface area contributed by atoms with Gasteiger partial charge in [0.2, 0.25) is 0 Å². The number of hydrogen-bond donors (Lipinski definition) is 0. The normalized spacial score (nSPS) is 10.5. The molecule has 0 atom stereocenters. The van der Waals surface area contributed by atoms with Crippen LogP contribution in [-0.4, -0.2) is 0 Å². The molecule has 0 amide bonds. The van der Waals surface area contributed by atoms with Crippen molar-refractivity contribution in [2.45, 2.75) is 115 Å². The van der Waals surface area contributed by atoms with E-state index in [1.165, 1.54) is 0 Å². The molecule has 0 aromatic carbocycles. The van der Waals surface area contributed by atoms with Crippen LogP contribution in [-0.2, 0) is 0 Å². The molecular weight excluding hydrogens is 452 g/mol. The number of rotatable bonds is 10. The molecule has 0 N–H and O–H groups in total. The highest BCUT2D eigenvalue weighted by Gasteiger charge is 2.16. The first-order valence-electron chi connectivity index (χ1n) is 12.7. The van der Waals surface area contributed by atoms with Gasteiger partial charge in [0.25, 0.3) is 0 Å². The number of nitrogens with zero attached hydrogens (tertiary/aromatic N) is 4. The summed E-state index contributed by atoms with van der Waals surface area (Å²) in [6.45, 7) is 36.2. The van der Waals surface area contributed by atoms with Gasteiger partial charge in [-0.2, -0.15) is 21.0 Å². The quantitative estimate of drug-likeness (QED) is 0.275. The SMILES string of the molecule is C=C(C)CC(C)(C)C#N.C=C(C)CCC(C)(C)C#N.C=C(C)CCC(C)(C)C#N.C=CCC(C)(C)C#N. The first-order valence-corrected chi connectivity index (χ1v) is 12.7. The fraction of sp³-hybridized carbons (Fsp3) is 0.636. The molecule has 0 aliphatic rings. The van der Waals surface area contributed by atoms with E-state index in [1.807, 2.05) is 76.2 Å². The maximum absolute atomic E-state index is 8.63. The minimum Gasteiger partial charge on any atom is -0.198 e. The molecule has 0 bridgehead atoms. The van der Waals surface area contributed by atoms with E-state index in [4.69, 9.17) is 21.0 Å². The molecule has 0 radical (unpaired) electrons. The molecule has 0 unspecified atom stereocenters. The second kappa shape index (κ2) is 20.0. The Morgan fingerprint density at radius 2 is 0.865 bits per heavy atom. The molecule has 0 saturated heterocycles. The van der Waals surface area contributed by atoms with Gasteiger partial charge in [-0.15, -0.1) is 26.3 Å². The van der Waals surface area contributed by atoms with E-state index in [2.05, 4.69) is 50.6 Å². The zero-order chi connectivity index (χ0) is 30.5. The van der Waals surface area contributed by atoms with Gasteiger partial charge in [-0.25, -0.2) is 0 Å². The molecular formula is C33H54N4. The Hall–Kier alpha value is -3.08. The van der Waals surface area contributed by atoms with E-state index in [0.29, 0.717) is 0 Å². The Labute approximate surface area is 230 Å². The van der Waals surface area contributed by atoms with Crippen LogP contribution in [0.5, 0.6) is 0 Å². The largest absolute Gasteiger partial charge is 0.198 e. The Kier molecular flexibility index (Phi) is 22.2. The number of nitriles is 4. The maximum Gasteiger partial charge on any atom is 0.0687 e. The van der Waals surface area contributed by atoms with Crippen molar-refractivity contribution in [1.29, 1.82) is 21.0 Å². The average Bonchev–Trinajstić information content (AvgIpc) is 2.77. The predicted molar refractivity (Wildman–Crippen MR) is 160 cm³/mol. The van der Waals surface area contributed by atoms with Gasteiger partial charge in [-0.1, -0.05) is 22.8 Å². The number of allylic oxidation sites excluding steroid dienone is 4. The Morgan fingerprint density at radius 1 is 0.568 bits per heavy atom. The van der Waals surface area contributed by atoms with Crippen LogP contribution in [0.25, 0.3) is 0 Å². The average molecular weight is 507 g/mol. The molecule has 0 aliphatic heterocycles. The summed E-state index contributed by atoms with van der Waals surface area (Å²) in [5.74, 6) is 0. The standard InChI is InChI=1S/2C9H15N.C8H13N.C7H11N/c2*1-8(2)5-6-9(3,4)7-10;1-7(2)5-8(3,4)6-9;1-4-5-7(2,3)6-8/h2*1,5-6H2,2-4H3;1,5H2,2-4H3;4H,1,5H2,2-3H3. The summed E-state index contributed by atoms with van der Waals surface area (Å²) >= 11 is 0. The van der Waals surface area contributed by atoms with Crippen LogP contribution in [0.15, 0.2) is 49.1 Å². The summed E-state index contributed by atoms with van der Waals surface area (Å²) in [6.07, 6.45) is 7.08. The third-order valence-corrected chi connectivity index (χ3v) is 4.96. The van der Waals surface area contributed by atoms with Crippen molar-refractivity contribution in [1.82, 2.24) is 0 Å². The Balaban J connectivity index is -0.000000197. The van der Waals surface area contributed by atoms with Gasteiger partial charge in [0.1, 0.15) is 0 Å². The molecule has 0 aromatic heterocycles. The van der Waals surface area contributed by atoms with Gasteiger partial charge in [0.15, 0.2) is 0 Å². The van der Waals surface area contributed by atoms with Crippen molar-refractivity contribution in [2.24, 2.45) is 21.7 Å². The number of hydrogen-bond acceptors (Lipinski definition) is 4. The van der Waals surface area contributed by atoms with Crippen LogP contribution in [0.1, 0.15) is 115 Å². The second-order valence-electron chi connectivity index (χ2n) is 12.5. The van der Waals surface area contributed by atoms with Gasteiger partial charge in [0.05, 0.1) is 45.9 Å². The maximum atomic E-state index is 8.63. The van der Waals surface area contributed by atoms with Crippen LogP contribution >= 0.6 is 0 Å². The summed E-state index contributed by atoms with van der Waals surface area (Å²) in [5.41, 5.74) is 2.57. The zero-order valence-electron chi connectivity index (χ0n) is 25.9. The summed E-state index contributed by atoms with van der Waals surface area (Å²) in [4.78, 5) is 0. The Bertz CT molecular complexity index is 845. The lowest BCUT2D eigenvalue weighted by Gasteiger charge is -2.13. The van der Waals surface area contributed by atoms with E-state index >= 15 is 0 Å². The molecule has 0 rings (SSSR count). The smallest absolute Gasteiger partial charge is 0.0687 e. The highest BCUT2D eigenvalue weighted by atomic mass is 14.3. The second-order valence-corrected chi connectivity index (χ2v) is 12.5. The lowest BCUT2D eigenvalue weighted by molar-refractivity contribution is 0.451. The molecule has 0 saturated carbocycles. The molecule has 0 fully saturated rings. The van der Waals surface area contributed by atoms with Crippen molar-refractivity contribution in [2.75, 3.05) is 0 Å². The summed E-state index contributed by atoms with van der Waals surface area (Å²) in [7, 11) is 0. The topological polar surface area (TPSA) is 95.2 Å². The minimum atomic E-state index is -0.230. The van der Waals surface area contributed by atoms with Crippen molar-refractivity contribution >= 4 is 0 Å². The van der Waals surface area contributed by atoms with E-state index in [1.54, 1.807) is 6.08 Å². The van der Waals surface area contributed by atoms with Gasteiger partial charge < -0.3 is 0 Å². The molecule has 0 spiro atoms. The first-order chi connectivity index (χ1) is 16.6. The monoisotopic (exact) mass is 506 g/mol. The van der Waals surface area contributed by atoms with Crippen molar-refractivity contribution in [3.8, 4) is 24.3 Å². The molecule has 206 valence electrons. The van der Waals surface area contributed by atoms with Crippen LogP contribution in [0, 0.1) is 67.0 Å². The van der Waals surface area contributed by atoms with Crippen LogP contribution in [0.4, 0.5) is 0 Å². The predicted octanol–water partition coefficient (Wildman–Crippen LogP) is 10.4. The van der Waals surface area contributed by atoms with Crippen LogP contribution in [0.3, 0.4) is 0 Å². The highest BCUT2D eigenvalue weighted by Crippen LogP contribution is 2.23. The van der Waals surface area contributed by atoms with Crippen molar-refractivity contribution in [3.63, 3.8) is 0 Å². The lowest BCUT2D eigenvalue weighted by atomic mass is 9.88. The molecule has 0 heterocycles. The van der Waals surface area contributed by atoms with Gasteiger partial charge >= 0.3 is 0 Å². The van der Waals surface area contributed by atoms with Crippen LogP contribution in [0.2, 0.25) is 0 Å². The van der Waals surface area contributed by atoms with Gasteiger partial charge in [0, 0.05) is 0 Å². The minimum absolute atomic E-state index is 0.182. The van der Waals surface area contributed by atoms with Crippen molar-refractivity contribution < 1.29 is 0 Å². The zero-order valence-corrected chi connectivity index (χ0v) is 25.9. The lowest BCUT2D eigenvalue weighted by Crippen LogP contribution is -2.07. The fourth-order valence-corrected chi connectivity index (χ4v) is 2.36. The van der Waals surface area contributed by atoms with E-state index in [-0.39, 0.29) is 21.7 Å². The third kappa shape index (κ3) is 35.2. The molecule has 37 heavy (non-hydrogen) atoms. The van der Waals surface area contributed by atoms with Crippen LogP contribution < -0.4 is 0 Å². The highest BCUT2D eigenvalue weighted by molar-refractivity contribution is 5.03. The third-order valence-electron chi connectivity index (χ3n) is 4.96. The fourth-order valence-electron chi connectivity index (χ4n) is 2.36. The van der Waals surface area contributed by atoms with E-state index < -0.39 is 0 Å². The molecule has 4 heteroatoms. The summed E-state index contributed by atoms with van der Waals surface area (Å²) in [5, 5.41) is 34.2. The van der Waals surface area contributed by atoms with E-state index in [0.717, 1.165) is 55.2 Å². The molecule has 0 aromatic rings. The first kappa shape index (κ1) is 41.1. The summed E-state index contributed by atoms with van der Waals surface area (Å²) < 4.78 is 0. The summed E-state index contributed by atoms with van der Waals surface area (Å²) in [6, 6.07) is 8.89. The molecule has 4 nitrogen and oxygen atoms in total. The molecule has 0 aliphatic carbocycles. The van der Waals surface area contributed by atoms with Gasteiger partial charge in [-0.05, 0) is 115 Å². The van der Waals surface area contributed by atoms with Crippen molar-refractivity contribution in [3.05, 3.63) is 49.1 Å².